The number of ether oxygens (including phenoxy) is 1. The van der Waals surface area contributed by atoms with Gasteiger partial charge >= 0.3 is 5.63 Å². The summed E-state index contributed by atoms with van der Waals surface area (Å²) in [6, 6.07) is 9.10. The Morgan fingerprint density at radius 3 is 2.79 bits per heavy atom. The normalized spacial score (nSPS) is 10.8. The van der Waals surface area contributed by atoms with Crippen LogP contribution in [-0.2, 0) is 0 Å². The number of halogens is 1. The van der Waals surface area contributed by atoms with Crippen molar-refractivity contribution in [1.29, 1.82) is 0 Å². The summed E-state index contributed by atoms with van der Waals surface area (Å²) < 4.78 is 11.5. The molecule has 0 atom stereocenters. The molecule has 3 rings (SSSR count). The summed E-state index contributed by atoms with van der Waals surface area (Å²) in [6.45, 7) is 0. The summed E-state index contributed by atoms with van der Waals surface area (Å²) in [5.74, 6) is 0.736. The number of thiophene rings is 1. The summed E-state index contributed by atoms with van der Waals surface area (Å²) in [5, 5.41) is 2.78. The maximum atomic E-state index is 12.0. The van der Waals surface area contributed by atoms with Crippen LogP contribution in [0.25, 0.3) is 21.4 Å². The van der Waals surface area contributed by atoms with Gasteiger partial charge in [0.05, 0.1) is 12.7 Å². The Bertz CT molecular complexity index is 804. The number of benzene rings is 1. The summed E-state index contributed by atoms with van der Waals surface area (Å²) in [5.41, 5.74) is 0.800. The lowest BCUT2D eigenvalue weighted by molar-refractivity contribution is 0.415. The molecule has 0 amide bonds. The molecule has 0 spiro atoms. The van der Waals surface area contributed by atoms with Crippen molar-refractivity contribution in [3.05, 3.63) is 50.6 Å². The van der Waals surface area contributed by atoms with E-state index in [2.05, 4.69) is 15.9 Å². The second-order valence-corrected chi connectivity index (χ2v) is 5.81. The van der Waals surface area contributed by atoms with E-state index in [9.17, 15) is 4.79 Å². The van der Waals surface area contributed by atoms with Gasteiger partial charge in [-0.1, -0.05) is 0 Å². The molecule has 0 saturated heterocycles. The largest absolute Gasteiger partial charge is 0.497 e. The van der Waals surface area contributed by atoms with Gasteiger partial charge in [0, 0.05) is 20.1 Å². The summed E-state index contributed by atoms with van der Waals surface area (Å²) in [4.78, 5) is 12.9. The molecule has 0 unspecified atom stereocenters. The minimum atomic E-state index is -0.327. The van der Waals surface area contributed by atoms with Crippen molar-refractivity contribution in [2.45, 2.75) is 0 Å². The molecule has 3 aromatic rings. The Morgan fingerprint density at radius 1 is 1.26 bits per heavy atom. The molecule has 0 aliphatic carbocycles. The first-order chi connectivity index (χ1) is 9.17. The molecule has 0 saturated carbocycles. The third kappa shape index (κ3) is 2.31. The molecule has 3 nitrogen and oxygen atoms in total. The molecule has 0 aliphatic rings. The van der Waals surface area contributed by atoms with Gasteiger partial charge < -0.3 is 9.15 Å². The van der Waals surface area contributed by atoms with Gasteiger partial charge in [-0.15, -0.1) is 11.3 Å². The standard InChI is InChI=1S/C14H9BrO3S/c1-17-10-2-3-12-8(4-10)5-11(14(16)18-12)13-6-9(15)7-19-13/h2-7H,1H3. The van der Waals surface area contributed by atoms with Crippen molar-refractivity contribution in [2.24, 2.45) is 0 Å². The fourth-order valence-electron chi connectivity index (χ4n) is 1.85. The van der Waals surface area contributed by atoms with E-state index >= 15 is 0 Å². The van der Waals surface area contributed by atoms with Crippen molar-refractivity contribution in [3.63, 3.8) is 0 Å². The molecule has 96 valence electrons. The molecular formula is C14H9BrO3S. The topological polar surface area (TPSA) is 39.4 Å². The van der Waals surface area contributed by atoms with Gasteiger partial charge in [-0.3, -0.25) is 0 Å². The average Bonchev–Trinajstić information content (AvgIpc) is 2.84. The first-order valence-electron chi connectivity index (χ1n) is 5.53. The van der Waals surface area contributed by atoms with Crippen molar-refractivity contribution < 1.29 is 9.15 Å². The van der Waals surface area contributed by atoms with E-state index < -0.39 is 0 Å². The predicted molar refractivity (Wildman–Crippen MR) is 80.0 cm³/mol. The first kappa shape index (κ1) is 12.4. The SMILES string of the molecule is COc1ccc2oc(=O)c(-c3cc(Br)cs3)cc2c1. The minimum absolute atomic E-state index is 0.327. The molecule has 0 radical (unpaired) electrons. The van der Waals surface area contributed by atoms with E-state index in [1.54, 1.807) is 19.2 Å². The van der Waals surface area contributed by atoms with Crippen LogP contribution in [-0.4, -0.2) is 7.11 Å². The van der Waals surface area contributed by atoms with Gasteiger partial charge in [-0.25, -0.2) is 4.79 Å². The maximum absolute atomic E-state index is 12.0. The zero-order valence-electron chi connectivity index (χ0n) is 9.98. The molecule has 1 aromatic carbocycles. The number of hydrogen-bond donors (Lipinski definition) is 0. The lowest BCUT2D eigenvalue weighted by Gasteiger charge is -2.03. The third-order valence-corrected chi connectivity index (χ3v) is 4.50. The van der Waals surface area contributed by atoms with E-state index in [0.29, 0.717) is 11.1 Å². The lowest BCUT2D eigenvalue weighted by Crippen LogP contribution is -2.01. The van der Waals surface area contributed by atoms with Crippen LogP contribution < -0.4 is 10.4 Å². The van der Waals surface area contributed by atoms with Gasteiger partial charge in [0.1, 0.15) is 11.3 Å². The molecule has 0 fully saturated rings. The zero-order chi connectivity index (χ0) is 13.4. The Hall–Kier alpha value is -1.59. The van der Waals surface area contributed by atoms with E-state index in [-0.39, 0.29) is 5.63 Å². The van der Waals surface area contributed by atoms with Crippen molar-refractivity contribution in [3.8, 4) is 16.2 Å². The lowest BCUT2D eigenvalue weighted by atomic mass is 10.1. The summed E-state index contributed by atoms with van der Waals surface area (Å²) in [6.07, 6.45) is 0. The highest BCUT2D eigenvalue weighted by molar-refractivity contribution is 9.10. The van der Waals surface area contributed by atoms with Crippen LogP contribution in [0.2, 0.25) is 0 Å². The second-order valence-electron chi connectivity index (χ2n) is 3.98. The van der Waals surface area contributed by atoms with Crippen LogP contribution in [0.1, 0.15) is 0 Å². The fraction of sp³-hybridized carbons (Fsp3) is 0.0714. The van der Waals surface area contributed by atoms with E-state index in [1.165, 1.54) is 11.3 Å². The predicted octanol–water partition coefficient (Wildman–Crippen LogP) is 4.29. The van der Waals surface area contributed by atoms with Crippen LogP contribution in [0.5, 0.6) is 5.75 Å². The van der Waals surface area contributed by atoms with Crippen LogP contribution in [0.4, 0.5) is 0 Å². The summed E-state index contributed by atoms with van der Waals surface area (Å²) >= 11 is 4.88. The van der Waals surface area contributed by atoms with Gasteiger partial charge in [-0.2, -0.15) is 0 Å². The molecule has 5 heteroatoms. The van der Waals surface area contributed by atoms with Crippen molar-refractivity contribution >= 4 is 38.2 Å². The highest BCUT2D eigenvalue weighted by Crippen LogP contribution is 2.30. The molecule has 2 heterocycles. The van der Waals surface area contributed by atoms with Crippen molar-refractivity contribution in [2.75, 3.05) is 7.11 Å². The molecule has 0 N–H and O–H groups in total. The highest BCUT2D eigenvalue weighted by atomic mass is 79.9. The monoisotopic (exact) mass is 336 g/mol. The van der Waals surface area contributed by atoms with Gasteiger partial charge in [0.25, 0.3) is 0 Å². The van der Waals surface area contributed by atoms with Gasteiger partial charge in [0.2, 0.25) is 0 Å². The zero-order valence-corrected chi connectivity index (χ0v) is 12.4. The van der Waals surface area contributed by atoms with Crippen LogP contribution >= 0.6 is 27.3 Å². The number of methoxy groups -OCH3 is 1. The molecule has 19 heavy (non-hydrogen) atoms. The first-order valence-corrected chi connectivity index (χ1v) is 7.21. The number of hydrogen-bond acceptors (Lipinski definition) is 4. The molecule has 0 bridgehead atoms. The Morgan fingerprint density at radius 2 is 2.11 bits per heavy atom. The Kier molecular flexibility index (Phi) is 3.16. The summed E-state index contributed by atoms with van der Waals surface area (Å²) in [7, 11) is 1.61. The third-order valence-electron chi connectivity index (χ3n) is 2.77. The highest BCUT2D eigenvalue weighted by Gasteiger charge is 2.10. The maximum Gasteiger partial charge on any atom is 0.345 e. The van der Waals surface area contributed by atoms with E-state index in [4.69, 9.17) is 9.15 Å². The van der Waals surface area contributed by atoms with Crippen LogP contribution in [0.3, 0.4) is 0 Å². The van der Waals surface area contributed by atoms with Crippen LogP contribution in [0, 0.1) is 0 Å². The van der Waals surface area contributed by atoms with E-state index in [1.807, 2.05) is 23.6 Å². The Labute approximate surface area is 121 Å². The van der Waals surface area contributed by atoms with E-state index in [0.717, 1.165) is 20.5 Å². The van der Waals surface area contributed by atoms with Crippen molar-refractivity contribution in [1.82, 2.24) is 0 Å². The van der Waals surface area contributed by atoms with Crippen LogP contribution in [0.15, 0.2) is 49.4 Å². The molecule has 2 aromatic heterocycles. The van der Waals surface area contributed by atoms with Gasteiger partial charge in [-0.05, 0) is 46.3 Å². The smallest absolute Gasteiger partial charge is 0.345 e. The molecule has 0 aliphatic heterocycles. The second kappa shape index (κ2) is 4.83. The Balaban J connectivity index is 2.25. The number of fused-ring (bicyclic) bond motifs is 1. The van der Waals surface area contributed by atoms with Gasteiger partial charge in [0.15, 0.2) is 0 Å². The fourth-order valence-corrected chi connectivity index (χ4v) is 3.29. The molecular weight excluding hydrogens is 328 g/mol. The number of rotatable bonds is 2. The quantitative estimate of drug-likeness (QED) is 0.655. The minimum Gasteiger partial charge on any atom is -0.497 e. The average molecular weight is 337 g/mol.